The molecule has 0 heterocycles. The molecule has 17 heavy (non-hydrogen) atoms. The van der Waals surface area contributed by atoms with Crippen LogP contribution in [-0.4, -0.2) is 17.6 Å². The molecule has 3 nitrogen and oxygen atoms in total. The van der Waals surface area contributed by atoms with Gasteiger partial charge in [-0.15, -0.1) is 12.3 Å². The summed E-state index contributed by atoms with van der Waals surface area (Å²) in [6.07, 6.45) is 7.78. The maximum atomic E-state index is 11.1. The van der Waals surface area contributed by atoms with E-state index in [1.807, 2.05) is 0 Å². The zero-order chi connectivity index (χ0) is 12.7. The first-order chi connectivity index (χ1) is 8.16. The number of unbranched alkanes of at least 4 members (excludes halogenated alkanes) is 2. The molecule has 0 unspecified atom stereocenters. The Kier molecular flexibility index (Phi) is 5.58. The molecule has 90 valence electrons. The highest BCUT2D eigenvalue weighted by atomic mass is 79.9. The van der Waals surface area contributed by atoms with Gasteiger partial charge in [-0.3, -0.25) is 0 Å². The average Bonchev–Trinajstić information content (AvgIpc) is 2.28. The topological polar surface area (TPSA) is 49.3 Å². The van der Waals surface area contributed by atoms with Gasteiger partial charge in [-0.05, 0) is 40.9 Å². The molecule has 1 rings (SSSR count). The minimum Gasteiger partial charge on any atom is -0.478 e. The lowest BCUT2D eigenvalue weighted by Gasteiger charge is -2.10. The average molecular weight is 296 g/mol. The van der Waals surface area contributed by atoms with Gasteiger partial charge in [0.05, 0.1) is 5.56 Å². The Hall–Kier alpha value is -1.47. The van der Waals surface area contributed by atoms with Crippen molar-refractivity contribution in [3.8, 4) is 12.3 Å². The van der Waals surface area contributed by atoms with Crippen molar-refractivity contribution in [1.29, 1.82) is 0 Å². The summed E-state index contributed by atoms with van der Waals surface area (Å²) in [6, 6.07) is 5.28. The van der Waals surface area contributed by atoms with E-state index in [9.17, 15) is 4.79 Å². The first-order valence-corrected chi connectivity index (χ1v) is 6.15. The van der Waals surface area contributed by atoms with E-state index in [0.717, 1.165) is 25.8 Å². The van der Waals surface area contributed by atoms with E-state index in [4.69, 9.17) is 11.5 Å². The lowest BCUT2D eigenvalue weighted by atomic mass is 10.1. The molecular weight excluding hydrogens is 282 g/mol. The number of terminal acetylenes is 1. The quantitative estimate of drug-likeness (QED) is 0.625. The summed E-state index contributed by atoms with van der Waals surface area (Å²) in [5.41, 5.74) is 0.900. The predicted molar refractivity (Wildman–Crippen MR) is 72.3 cm³/mol. The normalized spacial score (nSPS) is 9.65. The molecule has 0 spiro atoms. The van der Waals surface area contributed by atoms with Crippen molar-refractivity contribution in [3.05, 3.63) is 28.2 Å². The molecule has 4 heteroatoms. The predicted octanol–water partition coefficient (Wildman–Crippen LogP) is 3.36. The van der Waals surface area contributed by atoms with Crippen molar-refractivity contribution in [2.75, 3.05) is 11.9 Å². The fraction of sp³-hybridized carbons (Fsp3) is 0.308. The van der Waals surface area contributed by atoms with Gasteiger partial charge in [-0.25, -0.2) is 4.79 Å². The van der Waals surface area contributed by atoms with Crippen molar-refractivity contribution in [2.24, 2.45) is 0 Å². The van der Waals surface area contributed by atoms with Crippen LogP contribution in [0.5, 0.6) is 0 Å². The minimum atomic E-state index is -0.941. The first-order valence-electron chi connectivity index (χ1n) is 5.36. The van der Waals surface area contributed by atoms with Gasteiger partial charge in [-0.2, -0.15) is 0 Å². The number of halogens is 1. The van der Waals surface area contributed by atoms with Gasteiger partial charge in [0.1, 0.15) is 0 Å². The van der Waals surface area contributed by atoms with Crippen molar-refractivity contribution in [1.82, 2.24) is 0 Å². The van der Waals surface area contributed by atoms with Crippen LogP contribution in [0, 0.1) is 12.3 Å². The van der Waals surface area contributed by atoms with E-state index < -0.39 is 5.97 Å². The van der Waals surface area contributed by atoms with Gasteiger partial charge in [0.25, 0.3) is 0 Å². The van der Waals surface area contributed by atoms with Crippen LogP contribution in [-0.2, 0) is 0 Å². The molecule has 0 aromatic heterocycles. The third kappa shape index (κ3) is 4.12. The molecule has 2 N–H and O–H groups in total. The number of carbonyl (C=O) groups is 1. The Morgan fingerprint density at radius 3 is 2.88 bits per heavy atom. The maximum absolute atomic E-state index is 11.1. The first kappa shape index (κ1) is 13.6. The lowest BCUT2D eigenvalue weighted by Crippen LogP contribution is -2.08. The molecule has 0 radical (unpaired) electrons. The number of rotatable bonds is 6. The summed E-state index contributed by atoms with van der Waals surface area (Å²) in [4.78, 5) is 11.1. The monoisotopic (exact) mass is 295 g/mol. The Bertz CT molecular complexity index is 438. The zero-order valence-corrected chi connectivity index (χ0v) is 11.0. The highest BCUT2D eigenvalue weighted by Gasteiger charge is 2.13. The van der Waals surface area contributed by atoms with Gasteiger partial charge >= 0.3 is 5.97 Å². The van der Waals surface area contributed by atoms with Crippen LogP contribution < -0.4 is 5.32 Å². The largest absolute Gasteiger partial charge is 0.478 e. The fourth-order valence-corrected chi connectivity index (χ4v) is 2.00. The van der Waals surface area contributed by atoms with E-state index in [0.29, 0.717) is 10.2 Å². The summed E-state index contributed by atoms with van der Waals surface area (Å²) in [7, 11) is 0. The van der Waals surface area contributed by atoms with Crippen molar-refractivity contribution in [2.45, 2.75) is 19.3 Å². The third-order valence-electron chi connectivity index (χ3n) is 2.29. The van der Waals surface area contributed by atoms with E-state index in [2.05, 4.69) is 27.2 Å². The maximum Gasteiger partial charge on any atom is 0.338 e. The van der Waals surface area contributed by atoms with E-state index in [1.54, 1.807) is 18.2 Å². The van der Waals surface area contributed by atoms with E-state index >= 15 is 0 Å². The van der Waals surface area contributed by atoms with E-state index in [1.165, 1.54) is 0 Å². The number of carboxylic acid groups (broad SMARTS) is 1. The van der Waals surface area contributed by atoms with Gasteiger partial charge in [0.15, 0.2) is 0 Å². The van der Waals surface area contributed by atoms with Gasteiger partial charge < -0.3 is 10.4 Å². The molecule has 0 saturated carbocycles. The summed E-state index contributed by atoms with van der Waals surface area (Å²) >= 11 is 3.23. The number of aromatic carboxylic acids is 1. The number of carboxylic acids is 1. The highest BCUT2D eigenvalue weighted by molar-refractivity contribution is 9.10. The van der Waals surface area contributed by atoms with E-state index in [-0.39, 0.29) is 5.56 Å². The van der Waals surface area contributed by atoms with Crippen LogP contribution in [0.3, 0.4) is 0 Å². The molecule has 0 fully saturated rings. The number of anilines is 1. The SMILES string of the molecule is C#CCCCCNc1cccc(Br)c1C(=O)O. The van der Waals surface area contributed by atoms with Gasteiger partial charge in [-0.1, -0.05) is 6.07 Å². The second kappa shape index (κ2) is 6.97. The zero-order valence-electron chi connectivity index (χ0n) is 9.37. The summed E-state index contributed by atoms with van der Waals surface area (Å²) in [5, 5.41) is 12.2. The minimum absolute atomic E-state index is 0.268. The van der Waals surface area contributed by atoms with Gasteiger partial charge in [0.2, 0.25) is 0 Å². The van der Waals surface area contributed by atoms with Crippen molar-refractivity contribution in [3.63, 3.8) is 0 Å². The molecule has 0 aliphatic heterocycles. The van der Waals surface area contributed by atoms with Crippen LogP contribution in [0.4, 0.5) is 5.69 Å². The summed E-state index contributed by atoms with van der Waals surface area (Å²) < 4.78 is 0.582. The Morgan fingerprint density at radius 1 is 1.47 bits per heavy atom. The molecule has 1 aromatic rings. The van der Waals surface area contributed by atoms with Crippen molar-refractivity contribution >= 4 is 27.6 Å². The second-order valence-electron chi connectivity index (χ2n) is 3.56. The van der Waals surface area contributed by atoms with Crippen molar-refractivity contribution < 1.29 is 9.90 Å². The Morgan fingerprint density at radius 2 is 2.24 bits per heavy atom. The molecule has 0 atom stereocenters. The van der Waals surface area contributed by atoms with Crippen LogP contribution in [0.1, 0.15) is 29.6 Å². The molecule has 0 saturated heterocycles. The number of benzene rings is 1. The lowest BCUT2D eigenvalue weighted by molar-refractivity contribution is 0.0697. The molecule has 0 aliphatic carbocycles. The highest BCUT2D eigenvalue weighted by Crippen LogP contribution is 2.24. The second-order valence-corrected chi connectivity index (χ2v) is 4.41. The smallest absolute Gasteiger partial charge is 0.338 e. The Labute approximate surface area is 109 Å². The molecule has 0 aliphatic rings. The molecule has 0 bridgehead atoms. The van der Waals surface area contributed by atoms with Crippen LogP contribution >= 0.6 is 15.9 Å². The number of hydrogen-bond acceptors (Lipinski definition) is 2. The number of hydrogen-bond donors (Lipinski definition) is 2. The van der Waals surface area contributed by atoms with Crippen LogP contribution in [0.15, 0.2) is 22.7 Å². The van der Waals surface area contributed by atoms with Crippen LogP contribution in [0.2, 0.25) is 0 Å². The molecule has 0 amide bonds. The Balaban J connectivity index is 2.62. The number of nitrogens with one attached hydrogen (secondary N) is 1. The standard InChI is InChI=1S/C13H14BrNO2/c1-2-3-4-5-9-15-11-8-6-7-10(14)12(11)13(16)17/h1,6-8,15H,3-5,9H2,(H,16,17). The van der Waals surface area contributed by atoms with Crippen LogP contribution in [0.25, 0.3) is 0 Å². The fourth-order valence-electron chi connectivity index (χ4n) is 1.46. The molecule has 1 aromatic carbocycles. The molecular formula is C13H14BrNO2. The summed E-state index contributed by atoms with van der Waals surface area (Å²) in [5.74, 6) is 1.63. The van der Waals surface area contributed by atoms with Gasteiger partial charge in [0, 0.05) is 23.1 Å². The third-order valence-corrected chi connectivity index (χ3v) is 2.95. The summed E-state index contributed by atoms with van der Waals surface area (Å²) in [6.45, 7) is 0.721.